The molecule has 0 radical (unpaired) electrons. The van der Waals surface area contributed by atoms with Gasteiger partial charge in [0.1, 0.15) is 0 Å². The minimum Gasteiger partial charge on any atom is -0.0371 e. The molecular weight excluding hydrogens is 997 g/mol. The molecular formula is C53H50N5OPtSe-3. The van der Waals surface area contributed by atoms with E-state index in [0.29, 0.717) is 11.5 Å². The van der Waals surface area contributed by atoms with Crippen LogP contribution in [-0.2, 0) is 37.3 Å². The number of aromatic nitrogens is 2. The van der Waals surface area contributed by atoms with Crippen molar-refractivity contribution < 1.29 is 25.8 Å². The fourth-order valence-corrected chi connectivity index (χ4v) is 9.71. The third-order valence-electron chi connectivity index (χ3n) is 11.1. The molecule has 2 aliphatic rings. The van der Waals surface area contributed by atoms with Gasteiger partial charge in [0.15, 0.2) is 0 Å². The molecule has 312 valence electrons. The van der Waals surface area contributed by atoms with E-state index in [9.17, 15) is 0 Å². The first-order chi connectivity index (χ1) is 28.6. The number of hydrogen-bond acceptors (Lipinski definition) is 6. The fourth-order valence-electron chi connectivity index (χ4n) is 7.64. The Balaban J connectivity index is 0.00000514. The first-order valence-corrected chi connectivity index (χ1v) is 22.3. The van der Waals surface area contributed by atoms with Crippen LogP contribution in [0.1, 0.15) is 79.0 Å². The van der Waals surface area contributed by atoms with E-state index in [-0.39, 0.29) is 52.3 Å². The predicted molar refractivity (Wildman–Crippen MR) is 249 cm³/mol. The van der Waals surface area contributed by atoms with Gasteiger partial charge in [-0.3, -0.25) is 0 Å². The Hall–Kier alpha value is -5.19. The maximum absolute atomic E-state index is 6.67. The average molecular weight is 1050 g/mol. The first-order valence-electron chi connectivity index (χ1n) is 20.5. The molecule has 0 bridgehead atoms. The van der Waals surface area contributed by atoms with E-state index in [0.717, 1.165) is 39.9 Å². The SMILES string of the molecule is CC(C)(C)c1cc(-c2ccccc2)cc(N2[CH-]N(c3[c-]c(Oc4[c-]c5c(cc4)[Se]c4cnccc4N5c4cc(C(C)(C)C)ccn4)ccc3)c3cc(C(C)(C)C)ccc32)c1.[Pt]. The van der Waals surface area contributed by atoms with E-state index >= 15 is 0 Å². The summed E-state index contributed by atoms with van der Waals surface area (Å²) in [5.74, 6) is 2.07. The van der Waals surface area contributed by atoms with Crippen LogP contribution < -0.4 is 28.4 Å². The van der Waals surface area contributed by atoms with Crippen LogP contribution in [0.15, 0.2) is 134 Å². The molecule has 0 atom stereocenters. The number of anilines is 7. The van der Waals surface area contributed by atoms with Crippen LogP contribution in [0.3, 0.4) is 0 Å². The Morgan fingerprint density at radius 2 is 1.31 bits per heavy atom. The standard InChI is InChI=1S/C53H50N5OSe.Pt/c1-51(2,3)37-18-20-44-46(29-37)56(34-57(44)41-27-36(35-14-11-10-12-15-35)26-39(28-41)53(7,8)9)40-16-13-17-42(31-40)59-43-19-21-48-47(32-43)58(45-23-24-54-33-49(45)60-48)50-30-38(22-25-55-50)52(4,5)6;/h10-30,33-34H,1-9H3;/q-3;. The van der Waals surface area contributed by atoms with Gasteiger partial charge in [-0.15, -0.1) is 0 Å². The quantitative estimate of drug-likeness (QED) is 0.122. The van der Waals surface area contributed by atoms with Crippen molar-refractivity contribution in [1.82, 2.24) is 9.97 Å². The van der Waals surface area contributed by atoms with Crippen molar-refractivity contribution in [2.45, 2.75) is 78.6 Å². The molecule has 2 aromatic heterocycles. The second kappa shape index (κ2) is 16.3. The van der Waals surface area contributed by atoms with Gasteiger partial charge in [-0.05, 0) is 39.7 Å². The summed E-state index contributed by atoms with van der Waals surface area (Å²) in [6.45, 7) is 22.5. The maximum atomic E-state index is 6.67. The fraction of sp³-hybridized carbons (Fsp3) is 0.226. The van der Waals surface area contributed by atoms with E-state index < -0.39 is 0 Å². The molecule has 0 unspecified atom stereocenters. The third-order valence-corrected chi connectivity index (χ3v) is 13.4. The van der Waals surface area contributed by atoms with Crippen molar-refractivity contribution in [3.8, 4) is 22.6 Å². The van der Waals surface area contributed by atoms with Gasteiger partial charge in [0, 0.05) is 21.1 Å². The second-order valence-electron chi connectivity index (χ2n) is 18.7. The predicted octanol–water partition coefficient (Wildman–Crippen LogP) is 12.3. The Labute approximate surface area is 382 Å². The van der Waals surface area contributed by atoms with E-state index in [1.54, 1.807) is 0 Å². The minimum absolute atomic E-state index is 0. The van der Waals surface area contributed by atoms with Gasteiger partial charge in [0.2, 0.25) is 0 Å². The van der Waals surface area contributed by atoms with Gasteiger partial charge in [0.05, 0.1) is 0 Å². The van der Waals surface area contributed by atoms with Gasteiger partial charge >= 0.3 is 240 Å². The number of pyridine rings is 2. The molecule has 2 aliphatic heterocycles. The summed E-state index contributed by atoms with van der Waals surface area (Å²) in [4.78, 5) is 16.1. The molecule has 9 rings (SSSR count). The molecule has 0 aliphatic carbocycles. The number of fused-ring (bicyclic) bond motifs is 3. The molecule has 8 heteroatoms. The van der Waals surface area contributed by atoms with E-state index in [1.807, 2.05) is 36.8 Å². The molecule has 0 N–H and O–H groups in total. The summed E-state index contributed by atoms with van der Waals surface area (Å²) in [6.07, 6.45) is 5.73. The van der Waals surface area contributed by atoms with Crippen LogP contribution in [-0.4, -0.2) is 24.9 Å². The van der Waals surface area contributed by atoms with Crippen molar-refractivity contribution >= 4 is 63.8 Å². The van der Waals surface area contributed by atoms with Crippen LogP contribution in [0.25, 0.3) is 11.1 Å². The van der Waals surface area contributed by atoms with Crippen LogP contribution in [0.2, 0.25) is 0 Å². The zero-order chi connectivity index (χ0) is 42.0. The number of benzene rings is 5. The van der Waals surface area contributed by atoms with Gasteiger partial charge in [-0.2, -0.15) is 0 Å². The molecule has 0 fully saturated rings. The van der Waals surface area contributed by atoms with Gasteiger partial charge in [0.25, 0.3) is 0 Å². The number of hydrogen-bond donors (Lipinski definition) is 0. The molecule has 0 amide bonds. The molecule has 5 aromatic carbocycles. The average Bonchev–Trinajstić information content (AvgIpc) is 3.61. The van der Waals surface area contributed by atoms with E-state index in [1.165, 1.54) is 36.7 Å². The summed E-state index contributed by atoms with van der Waals surface area (Å²) in [7, 11) is 0. The number of nitrogens with zero attached hydrogens (tertiary/aromatic N) is 5. The first kappa shape index (κ1) is 42.5. The zero-order valence-corrected chi connectivity index (χ0v) is 40.1. The smallest absolute Gasteiger partial charge is 0 e. The Kier molecular flexibility index (Phi) is 11.3. The molecule has 4 heterocycles. The Morgan fingerprint density at radius 3 is 2.07 bits per heavy atom. The normalized spacial score (nSPS) is 13.6. The van der Waals surface area contributed by atoms with Crippen molar-refractivity contribution in [1.29, 1.82) is 0 Å². The van der Waals surface area contributed by atoms with Crippen molar-refractivity contribution in [3.05, 3.63) is 169 Å². The largest absolute Gasteiger partial charge is 0.0371 e. The molecule has 0 spiro atoms. The molecule has 61 heavy (non-hydrogen) atoms. The third kappa shape index (κ3) is 8.54. The summed E-state index contributed by atoms with van der Waals surface area (Å²) >= 11 is 0.0448. The Morgan fingerprint density at radius 1 is 0.574 bits per heavy atom. The van der Waals surface area contributed by atoms with Crippen molar-refractivity contribution in [3.63, 3.8) is 0 Å². The Bertz CT molecular complexity index is 2730. The van der Waals surface area contributed by atoms with Crippen LogP contribution in [0.4, 0.5) is 39.9 Å². The van der Waals surface area contributed by atoms with E-state index in [4.69, 9.17) is 9.72 Å². The molecule has 0 saturated heterocycles. The van der Waals surface area contributed by atoms with Crippen molar-refractivity contribution in [2.24, 2.45) is 0 Å². The van der Waals surface area contributed by atoms with Crippen LogP contribution >= 0.6 is 0 Å². The van der Waals surface area contributed by atoms with Crippen LogP contribution in [0.5, 0.6) is 11.5 Å². The summed E-state index contributed by atoms with van der Waals surface area (Å²) < 4.78 is 9.07. The van der Waals surface area contributed by atoms with Gasteiger partial charge in [-0.25, -0.2) is 0 Å². The van der Waals surface area contributed by atoms with Crippen molar-refractivity contribution in [2.75, 3.05) is 14.7 Å². The van der Waals surface area contributed by atoms with Crippen LogP contribution in [0, 0.1) is 18.8 Å². The summed E-state index contributed by atoms with van der Waals surface area (Å²) in [5, 5.41) is 0. The summed E-state index contributed by atoms with van der Waals surface area (Å²) in [5.41, 5.74) is 12.2. The monoisotopic (exact) mass is 1050 g/mol. The zero-order valence-electron chi connectivity index (χ0n) is 36.1. The maximum Gasteiger partial charge on any atom is 0 e. The topological polar surface area (TPSA) is 44.7 Å². The molecule has 6 nitrogen and oxygen atoms in total. The molecule has 7 aromatic rings. The number of rotatable bonds is 6. The van der Waals surface area contributed by atoms with Gasteiger partial charge < -0.3 is 0 Å². The molecule has 0 saturated carbocycles. The van der Waals surface area contributed by atoms with Gasteiger partial charge in [-0.1, -0.05) is 84.0 Å². The second-order valence-corrected chi connectivity index (χ2v) is 20.9. The van der Waals surface area contributed by atoms with E-state index in [2.05, 4.69) is 198 Å². The number of ether oxygens (including phenoxy) is 1. The minimum atomic E-state index is -0.0450. The summed E-state index contributed by atoms with van der Waals surface area (Å²) in [6, 6.07) is 48.4.